The number of hydrogen-bond donors (Lipinski definition) is 0. The fraction of sp³-hybridized carbons (Fsp3) is 0.947. The first-order valence-corrected chi connectivity index (χ1v) is 23.8. The number of hydrogen-bond acceptors (Lipinski definition) is 6. The standard InChI is InChI=1S/C38H44F30O4S2/c39-25(40,27(43,44)29(47,48)31(51,52)33(55,56)35(59,60)37(63,64)65)23(69)71-19-15-11-7-3-1-5-9-13-17-21-73-74-22-18-14-10-6-2-4-8-12-16-20-72-24(70)26(41,42)28(45,46)30(49,50)32(53,54)34(57,58)36(61,62)38(66,67)68/h1-22H2. The summed E-state index contributed by atoms with van der Waals surface area (Å²) in [5.41, 5.74) is 0. The first-order valence-electron chi connectivity index (χ1n) is 21.3. The number of halogens is 30. The van der Waals surface area contributed by atoms with Crippen LogP contribution in [-0.2, 0) is 19.1 Å². The molecule has 0 aromatic carbocycles. The molecule has 0 fully saturated rings. The molecule has 0 aliphatic carbocycles. The molecular weight excluding hydrogens is 1150 g/mol. The van der Waals surface area contributed by atoms with E-state index < -0.39 is 121 Å². The Kier molecular flexibility index (Phi) is 25.6. The fourth-order valence-corrected chi connectivity index (χ4v) is 8.11. The lowest BCUT2D eigenvalue weighted by Gasteiger charge is -2.40. The minimum absolute atomic E-state index is 0.0361. The van der Waals surface area contributed by atoms with E-state index in [1.165, 1.54) is 0 Å². The summed E-state index contributed by atoms with van der Waals surface area (Å²) in [7, 11) is 3.20. The molecule has 0 heterocycles. The van der Waals surface area contributed by atoms with Gasteiger partial charge in [-0.1, -0.05) is 111 Å². The molecule has 442 valence electrons. The molecule has 0 atom stereocenters. The van der Waals surface area contributed by atoms with E-state index in [4.69, 9.17) is 0 Å². The molecule has 0 aliphatic heterocycles. The van der Waals surface area contributed by atoms with Crippen molar-refractivity contribution in [2.45, 2.75) is 199 Å². The topological polar surface area (TPSA) is 52.6 Å². The zero-order valence-electron chi connectivity index (χ0n) is 37.3. The Balaban J connectivity index is 4.23. The molecule has 0 aromatic heterocycles. The second kappa shape index (κ2) is 26.5. The number of carbonyl (C=O) groups is 2. The van der Waals surface area contributed by atoms with Crippen LogP contribution in [0, 0.1) is 0 Å². The molecule has 0 amide bonds. The van der Waals surface area contributed by atoms with Gasteiger partial charge in [0.05, 0.1) is 13.2 Å². The zero-order chi connectivity index (χ0) is 58.5. The maximum atomic E-state index is 13.9. The van der Waals surface area contributed by atoms with Crippen LogP contribution in [0.1, 0.15) is 116 Å². The predicted octanol–water partition coefficient (Wildman–Crippen LogP) is 17.2. The monoisotopic (exact) mass is 1200 g/mol. The van der Waals surface area contributed by atoms with Crippen LogP contribution in [-0.4, -0.2) is 120 Å². The lowest BCUT2D eigenvalue weighted by molar-refractivity contribution is -0.450. The Hall–Kier alpha value is -2.46. The summed E-state index contributed by atoms with van der Waals surface area (Å²) in [5.74, 6) is -103. The molecule has 36 heteroatoms. The van der Waals surface area contributed by atoms with Gasteiger partial charge >= 0.3 is 95.4 Å². The summed E-state index contributed by atoms with van der Waals surface area (Å²) in [6.07, 6.45) is -7.08. The van der Waals surface area contributed by atoms with Crippen molar-refractivity contribution >= 4 is 33.5 Å². The van der Waals surface area contributed by atoms with Gasteiger partial charge in [-0.2, -0.15) is 132 Å². The van der Waals surface area contributed by atoms with Crippen LogP contribution in [0.4, 0.5) is 132 Å². The lowest BCUT2D eigenvalue weighted by atomic mass is 9.91. The van der Waals surface area contributed by atoms with E-state index in [2.05, 4.69) is 9.47 Å². The second-order valence-electron chi connectivity index (χ2n) is 16.2. The van der Waals surface area contributed by atoms with Gasteiger partial charge in [0.15, 0.2) is 0 Å². The van der Waals surface area contributed by atoms with Gasteiger partial charge in [-0.15, -0.1) is 0 Å². The van der Waals surface area contributed by atoms with Gasteiger partial charge in [-0.3, -0.25) is 0 Å². The first-order chi connectivity index (χ1) is 33.0. The Labute approximate surface area is 407 Å². The molecule has 0 rings (SSSR count). The van der Waals surface area contributed by atoms with E-state index in [-0.39, 0.29) is 12.8 Å². The number of esters is 2. The van der Waals surface area contributed by atoms with Crippen molar-refractivity contribution in [3.8, 4) is 0 Å². The fourth-order valence-electron chi connectivity index (χ4n) is 5.82. The van der Waals surface area contributed by atoms with Crippen LogP contribution in [0.25, 0.3) is 0 Å². The van der Waals surface area contributed by atoms with Gasteiger partial charge in [0.1, 0.15) is 0 Å². The third kappa shape index (κ3) is 15.2. The van der Waals surface area contributed by atoms with Gasteiger partial charge in [-0.05, 0) is 25.7 Å². The Morgan fingerprint density at radius 3 is 0.635 bits per heavy atom. The average molecular weight is 1200 g/mol. The van der Waals surface area contributed by atoms with Crippen molar-refractivity contribution in [2.24, 2.45) is 0 Å². The molecule has 74 heavy (non-hydrogen) atoms. The predicted molar refractivity (Wildman–Crippen MR) is 201 cm³/mol. The maximum Gasteiger partial charge on any atom is 0.460 e. The summed E-state index contributed by atoms with van der Waals surface area (Å²) < 4.78 is 405. The highest BCUT2D eigenvalue weighted by atomic mass is 33.1. The number of rotatable bonds is 37. The maximum absolute atomic E-state index is 13.9. The van der Waals surface area contributed by atoms with Gasteiger partial charge in [0.25, 0.3) is 0 Å². The number of alkyl halides is 30. The van der Waals surface area contributed by atoms with E-state index in [1.807, 2.05) is 0 Å². The molecule has 0 N–H and O–H groups in total. The average Bonchev–Trinajstić information content (AvgIpc) is 3.25. The molecule has 0 aromatic rings. The van der Waals surface area contributed by atoms with Crippen LogP contribution in [0.5, 0.6) is 0 Å². The van der Waals surface area contributed by atoms with Crippen molar-refractivity contribution in [3.63, 3.8) is 0 Å². The summed E-state index contributed by atoms with van der Waals surface area (Å²) in [5, 5.41) is 0. The minimum atomic E-state index is -8.52. The zero-order valence-corrected chi connectivity index (χ0v) is 39.0. The van der Waals surface area contributed by atoms with Gasteiger partial charge in [-0.25, -0.2) is 9.59 Å². The van der Waals surface area contributed by atoms with Crippen molar-refractivity contribution in [2.75, 3.05) is 24.7 Å². The van der Waals surface area contributed by atoms with E-state index in [1.54, 1.807) is 21.6 Å². The molecule has 0 unspecified atom stereocenters. The van der Waals surface area contributed by atoms with E-state index in [9.17, 15) is 141 Å². The summed E-state index contributed by atoms with van der Waals surface area (Å²) in [6, 6.07) is 0. The SMILES string of the molecule is O=C(OCCCCCCCCCCCSSCCCCCCCCCCCOC(=O)C(F)(F)C(F)(F)C(F)(F)C(F)(F)C(F)(F)C(F)(F)C(F)(F)F)C(F)(F)C(F)(F)C(F)(F)C(F)(F)C(F)(F)C(F)(F)C(F)(F)F. The third-order valence-corrected chi connectivity index (χ3v) is 13.0. The van der Waals surface area contributed by atoms with Crippen LogP contribution >= 0.6 is 21.6 Å². The minimum Gasteiger partial charge on any atom is -0.461 e. The summed E-state index contributed by atoms with van der Waals surface area (Å²) >= 11 is 0. The van der Waals surface area contributed by atoms with Crippen LogP contribution < -0.4 is 0 Å². The Morgan fingerprint density at radius 1 is 0.243 bits per heavy atom. The quantitative estimate of drug-likeness (QED) is 0.0267. The molecular formula is C38H44F30O4S2. The van der Waals surface area contributed by atoms with Crippen molar-refractivity contribution < 1.29 is 151 Å². The molecule has 4 nitrogen and oxygen atoms in total. The van der Waals surface area contributed by atoms with Crippen LogP contribution in [0.3, 0.4) is 0 Å². The molecule has 0 bridgehead atoms. The summed E-state index contributed by atoms with van der Waals surface area (Å²) in [4.78, 5) is 22.8. The van der Waals surface area contributed by atoms with E-state index in [0.29, 0.717) is 38.5 Å². The lowest BCUT2D eigenvalue weighted by Crippen LogP contribution is -2.73. The number of unbranched alkanes of at least 4 members (excludes halogenated alkanes) is 16. The second-order valence-corrected chi connectivity index (χ2v) is 18.9. The smallest absolute Gasteiger partial charge is 0.460 e. The number of carbonyl (C=O) groups excluding carboxylic acids is 2. The van der Waals surface area contributed by atoms with Crippen molar-refractivity contribution in [3.05, 3.63) is 0 Å². The number of ether oxygens (including phenoxy) is 2. The van der Waals surface area contributed by atoms with Crippen LogP contribution in [0.15, 0.2) is 0 Å². The largest absolute Gasteiger partial charge is 0.461 e. The molecule has 0 saturated heterocycles. The molecule has 0 spiro atoms. The first kappa shape index (κ1) is 71.5. The highest BCUT2D eigenvalue weighted by Gasteiger charge is 2.96. The molecule has 0 saturated carbocycles. The summed E-state index contributed by atoms with van der Waals surface area (Å²) in [6.45, 7) is -2.46. The Morgan fingerprint density at radius 2 is 0.419 bits per heavy atom. The van der Waals surface area contributed by atoms with E-state index in [0.717, 1.165) is 62.9 Å². The van der Waals surface area contributed by atoms with Gasteiger partial charge in [0.2, 0.25) is 0 Å². The highest BCUT2D eigenvalue weighted by Crippen LogP contribution is 2.64. The Bertz CT molecular complexity index is 1600. The van der Waals surface area contributed by atoms with Gasteiger partial charge < -0.3 is 9.47 Å². The van der Waals surface area contributed by atoms with Crippen molar-refractivity contribution in [1.29, 1.82) is 0 Å². The normalized spacial score (nSPS) is 14.9. The molecule has 0 radical (unpaired) electrons. The van der Waals surface area contributed by atoms with Crippen molar-refractivity contribution in [1.82, 2.24) is 0 Å². The van der Waals surface area contributed by atoms with Gasteiger partial charge in [0, 0.05) is 11.5 Å². The van der Waals surface area contributed by atoms with E-state index >= 15 is 0 Å². The molecule has 0 aliphatic rings. The third-order valence-electron chi connectivity index (χ3n) is 10.5. The highest BCUT2D eigenvalue weighted by molar-refractivity contribution is 8.76. The van der Waals surface area contributed by atoms with Crippen LogP contribution in [0.2, 0.25) is 0 Å².